The predicted molar refractivity (Wildman–Crippen MR) is 127 cm³/mol. The van der Waals surface area contributed by atoms with E-state index in [0.29, 0.717) is 11.3 Å². The number of aliphatic hydroxyl groups is 1. The zero-order chi connectivity index (χ0) is 24.3. The van der Waals surface area contributed by atoms with Crippen molar-refractivity contribution in [3.05, 3.63) is 40.8 Å². The molecule has 3 heterocycles. The van der Waals surface area contributed by atoms with Crippen LogP contribution in [0.15, 0.2) is 38.9 Å². The van der Waals surface area contributed by atoms with Gasteiger partial charge in [-0.2, -0.15) is 8.42 Å². The quantitative estimate of drug-likeness (QED) is 0.436. The van der Waals surface area contributed by atoms with Crippen LogP contribution < -0.4 is 20.5 Å². The highest BCUT2D eigenvalue weighted by molar-refractivity contribution is 7.91. The SMILES string of the molecule is CS(=O)(=O)NCc1csc2c1S(=O)(=O)N=C(C1C(=O)N(NC3CCC3)c3ccccc3C1O)N2. The molecule has 0 bridgehead atoms. The maximum Gasteiger partial charge on any atom is 0.287 e. The van der Waals surface area contributed by atoms with Crippen molar-refractivity contribution in [2.45, 2.75) is 42.8 Å². The van der Waals surface area contributed by atoms with E-state index in [1.165, 1.54) is 10.4 Å². The minimum Gasteiger partial charge on any atom is -0.387 e. The number of nitrogens with zero attached hydrogens (tertiary/aromatic N) is 2. The molecule has 4 N–H and O–H groups in total. The molecule has 1 aromatic carbocycles. The second-order valence-corrected chi connectivity index (χ2v) is 12.8. The van der Waals surface area contributed by atoms with E-state index in [4.69, 9.17) is 0 Å². The molecule has 1 saturated carbocycles. The number of para-hydroxylation sites is 1. The number of hydrazine groups is 1. The average Bonchev–Trinajstić information content (AvgIpc) is 3.14. The van der Waals surface area contributed by atoms with Crippen molar-refractivity contribution >= 4 is 53.8 Å². The van der Waals surface area contributed by atoms with Crippen molar-refractivity contribution < 1.29 is 26.7 Å². The van der Waals surface area contributed by atoms with E-state index in [2.05, 4.69) is 19.9 Å². The number of hydrogen-bond donors (Lipinski definition) is 4. The molecule has 0 spiro atoms. The third-order valence-electron chi connectivity index (χ3n) is 6.07. The Kier molecular flexibility index (Phi) is 5.77. The van der Waals surface area contributed by atoms with Gasteiger partial charge in [0.2, 0.25) is 10.0 Å². The number of carbonyl (C=O) groups is 1. The first kappa shape index (κ1) is 23.4. The number of aliphatic hydroxyl groups excluding tert-OH is 1. The van der Waals surface area contributed by atoms with Crippen molar-refractivity contribution in [1.82, 2.24) is 10.1 Å². The lowest BCUT2D eigenvalue weighted by Gasteiger charge is -2.41. The Morgan fingerprint density at radius 3 is 2.71 bits per heavy atom. The first-order chi connectivity index (χ1) is 16.0. The van der Waals surface area contributed by atoms with E-state index in [1.54, 1.807) is 24.3 Å². The fourth-order valence-corrected chi connectivity index (χ4v) is 7.24. The van der Waals surface area contributed by atoms with Crippen LogP contribution in [0.5, 0.6) is 0 Å². The number of sulfonamides is 2. The number of fused-ring (bicyclic) bond motifs is 2. The molecule has 0 radical (unpaired) electrons. The molecular formula is C20H23N5O6S3. The highest BCUT2D eigenvalue weighted by Crippen LogP contribution is 2.42. The largest absolute Gasteiger partial charge is 0.387 e. The lowest BCUT2D eigenvalue weighted by Crippen LogP contribution is -2.58. The molecule has 1 aromatic heterocycles. The maximum atomic E-state index is 13.5. The van der Waals surface area contributed by atoms with Gasteiger partial charge < -0.3 is 10.4 Å². The van der Waals surface area contributed by atoms with Crippen LogP contribution in [0.3, 0.4) is 0 Å². The van der Waals surface area contributed by atoms with Crippen LogP contribution in [0.4, 0.5) is 10.7 Å². The number of carbonyl (C=O) groups excluding carboxylic acids is 1. The number of thiophene rings is 1. The molecule has 182 valence electrons. The van der Waals surface area contributed by atoms with Crippen LogP contribution in [-0.4, -0.2) is 46.0 Å². The Morgan fingerprint density at radius 1 is 1.29 bits per heavy atom. The first-order valence-corrected chi connectivity index (χ1v) is 14.8. The van der Waals surface area contributed by atoms with Crippen molar-refractivity contribution in [2.75, 3.05) is 16.6 Å². The molecule has 5 rings (SSSR count). The smallest absolute Gasteiger partial charge is 0.287 e. The zero-order valence-corrected chi connectivity index (χ0v) is 20.5. The molecule has 34 heavy (non-hydrogen) atoms. The van der Waals surface area contributed by atoms with Gasteiger partial charge in [0.25, 0.3) is 15.9 Å². The number of benzene rings is 1. The van der Waals surface area contributed by atoms with Gasteiger partial charge in [-0.1, -0.05) is 24.6 Å². The summed E-state index contributed by atoms with van der Waals surface area (Å²) >= 11 is 1.06. The summed E-state index contributed by atoms with van der Waals surface area (Å²) in [7, 11) is -7.79. The lowest BCUT2D eigenvalue weighted by atomic mass is 9.88. The summed E-state index contributed by atoms with van der Waals surface area (Å²) in [6.45, 7) is -0.214. The van der Waals surface area contributed by atoms with E-state index in [-0.39, 0.29) is 33.9 Å². The van der Waals surface area contributed by atoms with Gasteiger partial charge in [-0.05, 0) is 24.3 Å². The number of amides is 1. The van der Waals surface area contributed by atoms with E-state index in [9.17, 15) is 26.7 Å². The summed E-state index contributed by atoms with van der Waals surface area (Å²) in [4.78, 5) is 13.4. The molecule has 2 aliphatic heterocycles. The summed E-state index contributed by atoms with van der Waals surface area (Å²) in [5.41, 5.74) is 4.45. The van der Waals surface area contributed by atoms with Gasteiger partial charge in [-0.3, -0.25) is 4.79 Å². The third kappa shape index (κ3) is 4.14. The van der Waals surface area contributed by atoms with Gasteiger partial charge in [0.15, 0.2) is 0 Å². The van der Waals surface area contributed by atoms with Crippen LogP contribution in [0, 0.1) is 5.92 Å². The van der Waals surface area contributed by atoms with E-state index >= 15 is 0 Å². The Morgan fingerprint density at radius 2 is 2.03 bits per heavy atom. The first-order valence-electron chi connectivity index (χ1n) is 10.6. The van der Waals surface area contributed by atoms with Crippen LogP contribution in [-0.2, 0) is 31.4 Å². The molecule has 1 amide bonds. The van der Waals surface area contributed by atoms with E-state index in [1.807, 2.05) is 0 Å². The summed E-state index contributed by atoms with van der Waals surface area (Å²) in [5.74, 6) is -1.96. The van der Waals surface area contributed by atoms with Crippen LogP contribution in [0.2, 0.25) is 0 Å². The minimum absolute atomic E-state index is 0.117. The van der Waals surface area contributed by atoms with Crippen molar-refractivity contribution in [3.63, 3.8) is 0 Å². The molecule has 1 aliphatic carbocycles. The zero-order valence-electron chi connectivity index (χ0n) is 18.1. The van der Waals surface area contributed by atoms with Crippen molar-refractivity contribution in [1.29, 1.82) is 0 Å². The van der Waals surface area contributed by atoms with Gasteiger partial charge in [0, 0.05) is 23.7 Å². The van der Waals surface area contributed by atoms with E-state index in [0.717, 1.165) is 36.9 Å². The summed E-state index contributed by atoms with van der Waals surface area (Å²) in [6, 6.07) is 7.04. The highest BCUT2D eigenvalue weighted by Gasteiger charge is 2.46. The normalized spacial score (nSPS) is 24.0. The van der Waals surface area contributed by atoms with Gasteiger partial charge in [-0.25, -0.2) is 23.6 Å². The number of anilines is 2. The Labute approximate surface area is 201 Å². The average molecular weight is 526 g/mol. The molecule has 2 unspecified atom stereocenters. The molecular weight excluding hydrogens is 502 g/mol. The van der Waals surface area contributed by atoms with Crippen molar-refractivity contribution in [3.8, 4) is 0 Å². The van der Waals surface area contributed by atoms with Gasteiger partial charge in [0.05, 0.1) is 18.0 Å². The standard InChI is InChI=1S/C20H23N5O6S3/c1-33(28,29)21-9-11-10-32-19-17(11)34(30,31)24-18(22-19)15-16(26)13-7-2-3-8-14(13)25(20(15)27)23-12-5-4-6-12/h2-3,7-8,10,12,15-16,21,23,26H,4-6,9H2,1H3,(H,22,24). The molecule has 3 aliphatic rings. The highest BCUT2D eigenvalue weighted by atomic mass is 32.2. The maximum absolute atomic E-state index is 13.5. The van der Waals surface area contributed by atoms with Gasteiger partial charge in [-0.15, -0.1) is 15.7 Å². The number of rotatable bonds is 6. The molecule has 2 aromatic rings. The fourth-order valence-electron chi connectivity index (χ4n) is 4.16. The number of amidine groups is 1. The molecule has 1 fully saturated rings. The monoisotopic (exact) mass is 525 g/mol. The molecule has 14 heteroatoms. The molecule has 0 saturated heterocycles. The van der Waals surface area contributed by atoms with Gasteiger partial charge >= 0.3 is 0 Å². The lowest BCUT2D eigenvalue weighted by molar-refractivity contribution is -0.125. The minimum atomic E-state index is -4.26. The van der Waals surface area contributed by atoms with Gasteiger partial charge in [0.1, 0.15) is 21.7 Å². The second-order valence-electron chi connectivity index (χ2n) is 8.50. The van der Waals surface area contributed by atoms with Crippen molar-refractivity contribution in [2.24, 2.45) is 10.3 Å². The van der Waals surface area contributed by atoms with Crippen LogP contribution in [0.1, 0.15) is 36.5 Å². The number of nitrogens with one attached hydrogen (secondary N) is 3. The topological polar surface area (TPSA) is 157 Å². The Balaban J connectivity index is 1.51. The third-order valence-corrected chi connectivity index (χ3v) is 9.23. The predicted octanol–water partition coefficient (Wildman–Crippen LogP) is 1.06. The fraction of sp³-hybridized carbons (Fsp3) is 0.400. The summed E-state index contributed by atoms with van der Waals surface area (Å²) in [5, 5.41) is 17.1. The summed E-state index contributed by atoms with van der Waals surface area (Å²) in [6.07, 6.45) is 2.55. The van der Waals surface area contributed by atoms with Crippen LogP contribution >= 0.6 is 11.3 Å². The molecule has 11 nitrogen and oxygen atoms in total. The van der Waals surface area contributed by atoms with E-state index < -0.39 is 38.0 Å². The summed E-state index contributed by atoms with van der Waals surface area (Å²) < 4.78 is 55.2. The Hall–Kier alpha value is -2.36. The Bertz CT molecular complexity index is 1400. The molecule has 2 atom stereocenters. The second kappa shape index (κ2) is 8.39. The van der Waals surface area contributed by atoms with Crippen LogP contribution in [0.25, 0.3) is 0 Å². The number of hydrogen-bond acceptors (Lipinski definition) is 9.